The second-order valence-electron chi connectivity index (χ2n) is 7.83. The van der Waals surface area contributed by atoms with E-state index in [2.05, 4.69) is 30.6 Å². The van der Waals surface area contributed by atoms with Gasteiger partial charge in [-0.05, 0) is 51.0 Å². The van der Waals surface area contributed by atoms with Gasteiger partial charge in [-0.1, -0.05) is 13.8 Å². The summed E-state index contributed by atoms with van der Waals surface area (Å²) in [6.45, 7) is 9.89. The Bertz CT molecular complexity index is 399. The normalized spacial score (nSPS) is 44.7. The summed E-state index contributed by atoms with van der Waals surface area (Å²) in [4.78, 5) is 17.8. The van der Waals surface area contributed by atoms with E-state index in [-0.39, 0.29) is 12.0 Å². The number of fused-ring (bicyclic) bond motifs is 1. The summed E-state index contributed by atoms with van der Waals surface area (Å²) in [5, 5.41) is 0. The molecule has 2 saturated heterocycles. The van der Waals surface area contributed by atoms with Crippen LogP contribution in [-0.4, -0.2) is 53.5 Å². The van der Waals surface area contributed by atoms with Gasteiger partial charge in [-0.3, -0.25) is 9.69 Å². The molecule has 6 unspecified atom stereocenters. The lowest BCUT2D eigenvalue weighted by Gasteiger charge is -2.46. The molecule has 0 radical (unpaired) electrons. The Kier molecular flexibility index (Phi) is 4.28. The van der Waals surface area contributed by atoms with Crippen LogP contribution in [0.4, 0.5) is 0 Å². The molecule has 2 N–H and O–H groups in total. The molecular formula is C17H31N3O. The van der Waals surface area contributed by atoms with Crippen LogP contribution >= 0.6 is 0 Å². The van der Waals surface area contributed by atoms with Crippen LogP contribution in [0.15, 0.2) is 0 Å². The summed E-state index contributed by atoms with van der Waals surface area (Å²) >= 11 is 0. The fraction of sp³-hybridized carbons (Fsp3) is 0.941. The highest BCUT2D eigenvalue weighted by Crippen LogP contribution is 2.35. The first-order chi connectivity index (χ1) is 9.97. The van der Waals surface area contributed by atoms with Crippen LogP contribution in [0.1, 0.15) is 46.5 Å². The van der Waals surface area contributed by atoms with E-state index in [0.29, 0.717) is 29.8 Å². The predicted molar refractivity (Wildman–Crippen MR) is 84.8 cm³/mol. The average Bonchev–Trinajstić information content (AvgIpc) is 2.88. The molecule has 0 aromatic carbocycles. The van der Waals surface area contributed by atoms with Gasteiger partial charge in [-0.25, -0.2) is 0 Å². The van der Waals surface area contributed by atoms with Gasteiger partial charge in [0.1, 0.15) is 0 Å². The highest BCUT2D eigenvalue weighted by atomic mass is 16.2. The molecule has 2 aliphatic heterocycles. The molecule has 0 bridgehead atoms. The number of amides is 1. The molecule has 0 spiro atoms. The van der Waals surface area contributed by atoms with Gasteiger partial charge >= 0.3 is 0 Å². The van der Waals surface area contributed by atoms with Crippen LogP contribution in [-0.2, 0) is 4.79 Å². The molecule has 4 nitrogen and oxygen atoms in total. The number of carbonyl (C=O) groups is 1. The fourth-order valence-electron chi connectivity index (χ4n) is 4.73. The highest BCUT2D eigenvalue weighted by Gasteiger charge is 2.42. The Morgan fingerprint density at radius 2 is 1.86 bits per heavy atom. The molecule has 1 saturated carbocycles. The first kappa shape index (κ1) is 15.3. The first-order valence-electron chi connectivity index (χ1n) is 8.77. The van der Waals surface area contributed by atoms with Crippen molar-refractivity contribution in [3.05, 3.63) is 0 Å². The molecule has 1 aliphatic carbocycles. The minimum Gasteiger partial charge on any atom is -0.337 e. The quantitative estimate of drug-likeness (QED) is 0.800. The van der Waals surface area contributed by atoms with E-state index < -0.39 is 0 Å². The molecule has 21 heavy (non-hydrogen) atoms. The van der Waals surface area contributed by atoms with E-state index in [0.717, 1.165) is 25.9 Å². The van der Waals surface area contributed by atoms with Crippen LogP contribution in [0.25, 0.3) is 0 Å². The van der Waals surface area contributed by atoms with Crippen molar-refractivity contribution in [2.45, 2.75) is 64.6 Å². The SMILES string of the molecule is CC1CC(C)C(C(=O)N2CC3CCCN3CC2C)CC1N. The van der Waals surface area contributed by atoms with Crippen molar-refractivity contribution in [3.63, 3.8) is 0 Å². The van der Waals surface area contributed by atoms with Crippen molar-refractivity contribution in [2.75, 3.05) is 19.6 Å². The summed E-state index contributed by atoms with van der Waals surface area (Å²) in [5.74, 6) is 1.55. The summed E-state index contributed by atoms with van der Waals surface area (Å²) < 4.78 is 0. The topological polar surface area (TPSA) is 49.6 Å². The number of hydrogen-bond acceptors (Lipinski definition) is 3. The molecule has 3 fully saturated rings. The lowest BCUT2D eigenvalue weighted by atomic mass is 9.72. The largest absolute Gasteiger partial charge is 0.337 e. The number of nitrogens with two attached hydrogens (primary N) is 1. The molecule has 4 heteroatoms. The maximum atomic E-state index is 13.1. The Hall–Kier alpha value is -0.610. The lowest BCUT2D eigenvalue weighted by Crippen LogP contribution is -2.59. The number of hydrogen-bond donors (Lipinski definition) is 1. The van der Waals surface area contributed by atoms with Crippen LogP contribution in [0.3, 0.4) is 0 Å². The Morgan fingerprint density at radius 3 is 2.62 bits per heavy atom. The van der Waals surface area contributed by atoms with Gasteiger partial charge < -0.3 is 10.6 Å². The van der Waals surface area contributed by atoms with Gasteiger partial charge in [-0.15, -0.1) is 0 Å². The molecule has 3 aliphatic rings. The van der Waals surface area contributed by atoms with Gasteiger partial charge in [0.25, 0.3) is 0 Å². The van der Waals surface area contributed by atoms with Crippen LogP contribution in [0, 0.1) is 17.8 Å². The minimum absolute atomic E-state index is 0.145. The van der Waals surface area contributed by atoms with Gasteiger partial charge in [0.15, 0.2) is 0 Å². The first-order valence-corrected chi connectivity index (χ1v) is 8.77. The summed E-state index contributed by atoms with van der Waals surface area (Å²) in [7, 11) is 0. The van der Waals surface area contributed by atoms with Crippen LogP contribution in [0.2, 0.25) is 0 Å². The van der Waals surface area contributed by atoms with Crippen molar-refractivity contribution >= 4 is 5.91 Å². The molecular weight excluding hydrogens is 262 g/mol. The van der Waals surface area contributed by atoms with Gasteiger partial charge in [0.05, 0.1) is 0 Å². The van der Waals surface area contributed by atoms with E-state index in [9.17, 15) is 4.79 Å². The number of piperazine rings is 1. The van der Waals surface area contributed by atoms with Crippen molar-refractivity contribution < 1.29 is 4.79 Å². The zero-order chi connectivity index (χ0) is 15.1. The average molecular weight is 293 g/mol. The zero-order valence-corrected chi connectivity index (χ0v) is 13.8. The smallest absolute Gasteiger partial charge is 0.226 e. The van der Waals surface area contributed by atoms with E-state index in [1.54, 1.807) is 0 Å². The van der Waals surface area contributed by atoms with E-state index in [1.165, 1.54) is 19.4 Å². The van der Waals surface area contributed by atoms with Crippen molar-refractivity contribution in [1.29, 1.82) is 0 Å². The van der Waals surface area contributed by atoms with Crippen molar-refractivity contribution in [2.24, 2.45) is 23.5 Å². The van der Waals surface area contributed by atoms with Gasteiger partial charge in [0.2, 0.25) is 5.91 Å². The van der Waals surface area contributed by atoms with E-state index in [1.807, 2.05) is 0 Å². The molecule has 1 amide bonds. The van der Waals surface area contributed by atoms with E-state index in [4.69, 9.17) is 5.73 Å². The fourth-order valence-corrected chi connectivity index (χ4v) is 4.73. The Balaban J connectivity index is 1.69. The van der Waals surface area contributed by atoms with Crippen LogP contribution < -0.4 is 5.73 Å². The Labute approximate surface area is 129 Å². The molecule has 0 aromatic heterocycles. The minimum atomic E-state index is 0.145. The maximum absolute atomic E-state index is 13.1. The lowest BCUT2D eigenvalue weighted by molar-refractivity contribution is -0.144. The second-order valence-corrected chi connectivity index (χ2v) is 7.83. The van der Waals surface area contributed by atoms with Gasteiger partial charge in [0, 0.05) is 37.1 Å². The third kappa shape index (κ3) is 2.85. The van der Waals surface area contributed by atoms with E-state index >= 15 is 0 Å². The molecule has 120 valence electrons. The molecule has 3 rings (SSSR count). The monoisotopic (exact) mass is 293 g/mol. The Morgan fingerprint density at radius 1 is 1.10 bits per heavy atom. The standard InChI is InChI=1S/C17H31N3O/c1-11-7-12(2)16(18)8-15(11)17(21)20-10-14-5-4-6-19(14)9-13(20)3/h11-16H,4-10,18H2,1-3H3. The van der Waals surface area contributed by atoms with Crippen molar-refractivity contribution in [1.82, 2.24) is 9.80 Å². The maximum Gasteiger partial charge on any atom is 0.226 e. The zero-order valence-electron chi connectivity index (χ0n) is 13.8. The summed E-state index contributed by atoms with van der Waals surface area (Å²) in [6, 6.07) is 1.16. The molecule has 6 atom stereocenters. The third-order valence-corrected chi connectivity index (χ3v) is 6.23. The summed E-state index contributed by atoms with van der Waals surface area (Å²) in [6.07, 6.45) is 4.52. The van der Waals surface area contributed by atoms with Crippen LogP contribution in [0.5, 0.6) is 0 Å². The second kappa shape index (κ2) is 5.88. The highest BCUT2D eigenvalue weighted by molar-refractivity contribution is 5.80. The molecule has 2 heterocycles. The number of nitrogens with zero attached hydrogens (tertiary/aromatic N) is 2. The molecule has 0 aromatic rings. The van der Waals surface area contributed by atoms with Gasteiger partial charge in [-0.2, -0.15) is 0 Å². The number of carbonyl (C=O) groups excluding carboxylic acids is 1. The third-order valence-electron chi connectivity index (χ3n) is 6.23. The predicted octanol–water partition coefficient (Wildman–Crippen LogP) is 1.69. The number of rotatable bonds is 1. The summed E-state index contributed by atoms with van der Waals surface area (Å²) in [5.41, 5.74) is 6.24. The van der Waals surface area contributed by atoms with Crippen molar-refractivity contribution in [3.8, 4) is 0 Å².